The molecule has 1 aliphatic heterocycles. The van der Waals surface area contributed by atoms with E-state index in [1.807, 2.05) is 20.8 Å². The number of esters is 1. The van der Waals surface area contributed by atoms with Crippen molar-refractivity contribution in [1.82, 2.24) is 20.7 Å². The Hall–Kier alpha value is -1.43. The molecular weight excluding hydrogens is 244 g/mol. The highest BCUT2D eigenvalue weighted by molar-refractivity contribution is 5.88. The van der Waals surface area contributed by atoms with Gasteiger partial charge < -0.3 is 10.1 Å². The molecule has 0 aliphatic carbocycles. The smallest absolute Gasteiger partial charge is 0.361 e. The first kappa shape index (κ1) is 14.0. The van der Waals surface area contributed by atoms with Crippen molar-refractivity contribution in [3.63, 3.8) is 0 Å². The van der Waals surface area contributed by atoms with Crippen molar-refractivity contribution in [2.45, 2.75) is 64.6 Å². The van der Waals surface area contributed by atoms with Crippen LogP contribution in [0.5, 0.6) is 0 Å². The molecule has 106 valence electrons. The van der Waals surface area contributed by atoms with E-state index < -0.39 is 11.6 Å². The van der Waals surface area contributed by atoms with Crippen molar-refractivity contribution < 1.29 is 9.53 Å². The Balaban J connectivity index is 2.12. The van der Waals surface area contributed by atoms with E-state index in [1.165, 1.54) is 0 Å². The number of nitrogens with zero attached hydrogens (tertiary/aromatic N) is 2. The zero-order valence-corrected chi connectivity index (χ0v) is 12.0. The molecule has 1 aliphatic rings. The van der Waals surface area contributed by atoms with Gasteiger partial charge in [0.2, 0.25) is 0 Å². The lowest BCUT2D eigenvalue weighted by Gasteiger charge is -2.19. The number of nitrogens with one attached hydrogen (secondary N) is 2. The van der Waals surface area contributed by atoms with Crippen LogP contribution in [-0.2, 0) is 4.74 Å². The van der Waals surface area contributed by atoms with Crippen LogP contribution >= 0.6 is 0 Å². The molecule has 1 saturated heterocycles. The van der Waals surface area contributed by atoms with Crippen molar-refractivity contribution in [2.24, 2.45) is 0 Å². The summed E-state index contributed by atoms with van der Waals surface area (Å²) in [4.78, 5) is 12.1. The van der Waals surface area contributed by atoms with Crippen LogP contribution in [0.25, 0.3) is 0 Å². The zero-order valence-electron chi connectivity index (χ0n) is 12.0. The van der Waals surface area contributed by atoms with Crippen LogP contribution in [0.4, 0.5) is 0 Å². The fraction of sp³-hybridized carbons (Fsp3) is 0.769. The second-order valence-electron chi connectivity index (χ2n) is 5.96. The van der Waals surface area contributed by atoms with E-state index in [-0.39, 0.29) is 6.04 Å². The number of hydrogen-bond donors (Lipinski definition) is 2. The van der Waals surface area contributed by atoms with Gasteiger partial charge in [-0.2, -0.15) is 10.3 Å². The zero-order chi connectivity index (χ0) is 14.0. The molecule has 0 bridgehead atoms. The van der Waals surface area contributed by atoms with Crippen molar-refractivity contribution in [2.75, 3.05) is 0 Å². The molecule has 0 aromatic carbocycles. The summed E-state index contributed by atoms with van der Waals surface area (Å²) in [5.74, 6) is -0.419. The fourth-order valence-electron chi connectivity index (χ4n) is 2.32. The predicted octanol–water partition coefficient (Wildman–Crippen LogP) is 1.96. The van der Waals surface area contributed by atoms with Crippen molar-refractivity contribution in [3.8, 4) is 0 Å². The average molecular weight is 266 g/mol. The number of hydrogen-bond acceptors (Lipinski definition) is 5. The van der Waals surface area contributed by atoms with E-state index in [4.69, 9.17) is 4.74 Å². The summed E-state index contributed by atoms with van der Waals surface area (Å²) in [7, 11) is 0. The molecule has 2 heterocycles. The highest BCUT2D eigenvalue weighted by Crippen LogP contribution is 2.28. The summed E-state index contributed by atoms with van der Waals surface area (Å²) in [5, 5.41) is 14.1. The summed E-state index contributed by atoms with van der Waals surface area (Å²) >= 11 is 0. The number of aromatic amines is 1. The van der Waals surface area contributed by atoms with Gasteiger partial charge in [0, 0.05) is 6.04 Å². The first-order valence-electron chi connectivity index (χ1n) is 6.80. The minimum atomic E-state index is -0.525. The van der Waals surface area contributed by atoms with E-state index in [2.05, 4.69) is 27.7 Å². The van der Waals surface area contributed by atoms with Gasteiger partial charge in [-0.3, -0.25) is 0 Å². The van der Waals surface area contributed by atoms with Gasteiger partial charge >= 0.3 is 5.97 Å². The molecule has 6 nitrogen and oxygen atoms in total. The maximum Gasteiger partial charge on any atom is 0.361 e. The van der Waals surface area contributed by atoms with Crippen LogP contribution in [0.15, 0.2) is 0 Å². The highest BCUT2D eigenvalue weighted by Gasteiger charge is 2.31. The van der Waals surface area contributed by atoms with Crippen molar-refractivity contribution in [3.05, 3.63) is 11.4 Å². The monoisotopic (exact) mass is 266 g/mol. The van der Waals surface area contributed by atoms with E-state index in [0.29, 0.717) is 17.4 Å². The van der Waals surface area contributed by atoms with Gasteiger partial charge in [-0.15, -0.1) is 5.10 Å². The molecule has 1 aromatic rings. The molecule has 0 amide bonds. The Labute approximate surface area is 113 Å². The van der Waals surface area contributed by atoms with Gasteiger partial charge in [0.1, 0.15) is 11.3 Å². The second kappa shape index (κ2) is 5.28. The van der Waals surface area contributed by atoms with Gasteiger partial charge in [0.15, 0.2) is 5.69 Å². The Morgan fingerprint density at radius 3 is 2.68 bits per heavy atom. The molecule has 2 N–H and O–H groups in total. The number of ether oxygens (including phenoxy) is 1. The summed E-state index contributed by atoms with van der Waals surface area (Å²) in [6, 6.07) is 0.583. The number of carbonyl (C=O) groups excluding carboxylic acids is 1. The number of H-pyrrole nitrogens is 1. The highest BCUT2D eigenvalue weighted by atomic mass is 16.6. The third-order valence-electron chi connectivity index (χ3n) is 3.23. The molecule has 1 aromatic heterocycles. The molecule has 0 spiro atoms. The van der Waals surface area contributed by atoms with E-state index >= 15 is 0 Å². The number of rotatable bonds is 3. The quantitative estimate of drug-likeness (QED) is 0.817. The Morgan fingerprint density at radius 2 is 2.11 bits per heavy atom. The summed E-state index contributed by atoms with van der Waals surface area (Å²) in [6.07, 6.45) is 3.15. The van der Waals surface area contributed by atoms with Crippen molar-refractivity contribution in [1.29, 1.82) is 0 Å². The van der Waals surface area contributed by atoms with Crippen LogP contribution in [0, 0.1) is 0 Å². The number of aromatic nitrogens is 3. The normalized spacial score (nSPS) is 23.6. The third kappa shape index (κ3) is 3.32. The molecule has 1 fully saturated rings. The average Bonchev–Trinajstić information content (AvgIpc) is 2.95. The van der Waals surface area contributed by atoms with Gasteiger partial charge in [0.25, 0.3) is 0 Å². The Kier molecular flexibility index (Phi) is 3.89. The van der Waals surface area contributed by atoms with Crippen LogP contribution in [0.1, 0.15) is 69.2 Å². The lowest BCUT2D eigenvalue weighted by atomic mass is 10.1. The molecule has 2 rings (SSSR count). The van der Waals surface area contributed by atoms with Crippen LogP contribution < -0.4 is 5.32 Å². The standard InChI is InChI=1S/C13H22N4O2/c1-5-8-6-7-9(14-8)10-11(16-17-15-10)12(18)19-13(2,3)4/h8-9,14H,5-7H2,1-4H3,(H,15,16,17). The van der Waals surface area contributed by atoms with Gasteiger partial charge in [-0.05, 0) is 40.0 Å². The first-order chi connectivity index (χ1) is 8.90. The number of carbonyl (C=O) groups is 1. The van der Waals surface area contributed by atoms with Crippen LogP contribution in [0.3, 0.4) is 0 Å². The van der Waals surface area contributed by atoms with Crippen LogP contribution in [-0.4, -0.2) is 33.0 Å². The third-order valence-corrected chi connectivity index (χ3v) is 3.23. The predicted molar refractivity (Wildman–Crippen MR) is 70.7 cm³/mol. The molecule has 0 radical (unpaired) electrons. The maximum atomic E-state index is 12.1. The van der Waals surface area contributed by atoms with E-state index in [0.717, 1.165) is 19.3 Å². The van der Waals surface area contributed by atoms with Gasteiger partial charge in [-0.25, -0.2) is 4.79 Å². The maximum absolute atomic E-state index is 12.1. The Bertz CT molecular complexity index is 450. The molecule has 2 unspecified atom stereocenters. The summed E-state index contributed by atoms with van der Waals surface area (Å²) in [6.45, 7) is 7.67. The molecular formula is C13H22N4O2. The largest absolute Gasteiger partial charge is 0.455 e. The summed E-state index contributed by atoms with van der Waals surface area (Å²) in [5.41, 5.74) is 0.442. The first-order valence-corrected chi connectivity index (χ1v) is 6.80. The molecule has 0 saturated carbocycles. The van der Waals surface area contributed by atoms with Gasteiger partial charge in [-0.1, -0.05) is 6.92 Å². The topological polar surface area (TPSA) is 79.9 Å². The summed E-state index contributed by atoms with van der Waals surface area (Å²) < 4.78 is 5.35. The Morgan fingerprint density at radius 1 is 1.37 bits per heavy atom. The second-order valence-corrected chi connectivity index (χ2v) is 5.96. The lowest BCUT2D eigenvalue weighted by Crippen LogP contribution is -2.27. The lowest BCUT2D eigenvalue weighted by molar-refractivity contribution is 0.00608. The molecule has 6 heteroatoms. The minimum absolute atomic E-state index is 0.0891. The molecule has 19 heavy (non-hydrogen) atoms. The molecule has 2 atom stereocenters. The minimum Gasteiger partial charge on any atom is -0.455 e. The van der Waals surface area contributed by atoms with E-state index in [1.54, 1.807) is 0 Å². The van der Waals surface area contributed by atoms with Crippen molar-refractivity contribution >= 4 is 5.97 Å². The van der Waals surface area contributed by atoms with Gasteiger partial charge in [0.05, 0.1) is 6.04 Å². The van der Waals surface area contributed by atoms with E-state index in [9.17, 15) is 4.79 Å². The van der Waals surface area contributed by atoms with Crippen LogP contribution in [0.2, 0.25) is 0 Å². The SMILES string of the molecule is CCC1CCC(c2n[nH]nc2C(=O)OC(C)(C)C)N1. The fourth-order valence-corrected chi connectivity index (χ4v) is 2.32.